The Morgan fingerprint density at radius 2 is 1.95 bits per heavy atom. The zero-order chi connectivity index (χ0) is 14.4. The van der Waals surface area contributed by atoms with Crippen LogP contribution in [0.5, 0.6) is 0 Å². The third-order valence-electron chi connectivity index (χ3n) is 4.91. The average molecular weight is 280 g/mol. The summed E-state index contributed by atoms with van der Waals surface area (Å²) in [4.78, 5) is 9.34. The molecule has 0 aromatic heterocycles. The van der Waals surface area contributed by atoms with E-state index in [9.17, 15) is 0 Å². The van der Waals surface area contributed by atoms with Crippen LogP contribution in [-0.4, -0.2) is 55.0 Å². The molecule has 0 radical (unpaired) electrons. The topological polar surface area (TPSA) is 44.9 Å². The number of aliphatic imine (C=N–C) groups is 1. The fourth-order valence-electron chi connectivity index (χ4n) is 3.52. The highest BCUT2D eigenvalue weighted by Crippen LogP contribution is 2.21. The highest BCUT2D eigenvalue weighted by Gasteiger charge is 2.19. The lowest BCUT2D eigenvalue weighted by Gasteiger charge is -2.32. The molecule has 1 atom stereocenters. The molecule has 0 amide bonds. The van der Waals surface area contributed by atoms with E-state index in [1.54, 1.807) is 0 Å². The maximum absolute atomic E-state index is 6.13. The summed E-state index contributed by atoms with van der Waals surface area (Å²) in [6.07, 6.45) is 9.51. The van der Waals surface area contributed by atoms with E-state index < -0.39 is 0 Å². The molecule has 1 saturated heterocycles. The fraction of sp³-hybridized carbons (Fsp3) is 0.938. The number of likely N-dealkylation sites (tertiary alicyclic amines) is 1. The first kappa shape index (κ1) is 15.6. The summed E-state index contributed by atoms with van der Waals surface area (Å²) in [5.74, 6) is 1.51. The summed E-state index contributed by atoms with van der Waals surface area (Å²) in [7, 11) is 2.24. The smallest absolute Gasteiger partial charge is 0.191 e. The SMILES string of the molecule is CC1CCCN(C(N)=NCCN(C)C2CCCCC2)C1. The van der Waals surface area contributed by atoms with Crippen molar-refractivity contribution in [3.05, 3.63) is 0 Å². The van der Waals surface area contributed by atoms with Crippen LogP contribution in [0.3, 0.4) is 0 Å². The number of likely N-dealkylation sites (N-methyl/N-ethyl adjacent to an activating group) is 1. The molecule has 20 heavy (non-hydrogen) atoms. The Morgan fingerprint density at radius 3 is 2.65 bits per heavy atom. The molecule has 1 saturated carbocycles. The first-order valence-electron chi connectivity index (χ1n) is 8.42. The monoisotopic (exact) mass is 280 g/mol. The Morgan fingerprint density at radius 1 is 1.20 bits per heavy atom. The van der Waals surface area contributed by atoms with Gasteiger partial charge in [0.2, 0.25) is 0 Å². The van der Waals surface area contributed by atoms with Gasteiger partial charge in [0, 0.05) is 25.7 Å². The molecule has 0 aromatic rings. The average Bonchev–Trinajstić information content (AvgIpc) is 2.48. The molecule has 1 unspecified atom stereocenters. The van der Waals surface area contributed by atoms with Gasteiger partial charge in [0.25, 0.3) is 0 Å². The number of hydrogen-bond donors (Lipinski definition) is 1. The molecular weight excluding hydrogens is 248 g/mol. The van der Waals surface area contributed by atoms with Gasteiger partial charge in [-0.05, 0) is 38.6 Å². The van der Waals surface area contributed by atoms with Crippen LogP contribution in [0.2, 0.25) is 0 Å². The van der Waals surface area contributed by atoms with Gasteiger partial charge >= 0.3 is 0 Å². The molecule has 0 bridgehead atoms. The van der Waals surface area contributed by atoms with Gasteiger partial charge in [-0.15, -0.1) is 0 Å². The standard InChI is InChI=1S/C16H32N4/c1-14-7-6-11-20(13-14)16(17)18-10-12-19(2)15-8-4-3-5-9-15/h14-15H,3-13H2,1-2H3,(H2,17,18). The molecule has 1 aliphatic carbocycles. The van der Waals surface area contributed by atoms with E-state index in [2.05, 4.69) is 28.8 Å². The highest BCUT2D eigenvalue weighted by atomic mass is 15.3. The summed E-state index contributed by atoms with van der Waals surface area (Å²) < 4.78 is 0. The third-order valence-corrected chi connectivity index (χ3v) is 4.91. The van der Waals surface area contributed by atoms with Crippen molar-refractivity contribution >= 4 is 5.96 Å². The predicted octanol–water partition coefficient (Wildman–Crippen LogP) is 2.30. The van der Waals surface area contributed by atoms with Gasteiger partial charge in [-0.2, -0.15) is 0 Å². The minimum Gasteiger partial charge on any atom is -0.370 e. The van der Waals surface area contributed by atoms with Gasteiger partial charge in [-0.1, -0.05) is 26.2 Å². The van der Waals surface area contributed by atoms with Crippen LogP contribution in [0, 0.1) is 5.92 Å². The summed E-state index contributed by atoms with van der Waals surface area (Å²) in [5.41, 5.74) is 6.13. The summed E-state index contributed by atoms with van der Waals surface area (Å²) in [6, 6.07) is 0.773. The van der Waals surface area contributed by atoms with E-state index in [0.29, 0.717) is 0 Å². The van der Waals surface area contributed by atoms with Crippen molar-refractivity contribution in [1.82, 2.24) is 9.80 Å². The number of guanidine groups is 1. The molecule has 2 N–H and O–H groups in total. The van der Waals surface area contributed by atoms with E-state index in [1.807, 2.05) is 0 Å². The van der Waals surface area contributed by atoms with Gasteiger partial charge in [-0.25, -0.2) is 0 Å². The molecule has 116 valence electrons. The Bertz CT molecular complexity index is 310. The lowest BCUT2D eigenvalue weighted by molar-refractivity contribution is 0.196. The van der Waals surface area contributed by atoms with Gasteiger partial charge in [0.05, 0.1) is 6.54 Å². The van der Waals surface area contributed by atoms with E-state index in [1.165, 1.54) is 44.9 Å². The van der Waals surface area contributed by atoms with Gasteiger partial charge in [-0.3, -0.25) is 4.99 Å². The van der Waals surface area contributed by atoms with Gasteiger partial charge in [0.1, 0.15) is 0 Å². The van der Waals surface area contributed by atoms with Crippen molar-refractivity contribution in [2.24, 2.45) is 16.6 Å². The maximum atomic E-state index is 6.13. The Hall–Kier alpha value is -0.770. The maximum Gasteiger partial charge on any atom is 0.191 e. The largest absolute Gasteiger partial charge is 0.370 e. The molecule has 1 heterocycles. The van der Waals surface area contributed by atoms with Crippen molar-refractivity contribution in [1.29, 1.82) is 0 Å². The normalized spacial score (nSPS) is 26.2. The fourth-order valence-corrected chi connectivity index (χ4v) is 3.52. The molecule has 0 aromatic carbocycles. The first-order chi connectivity index (χ1) is 9.66. The molecule has 0 spiro atoms. The van der Waals surface area contributed by atoms with Gasteiger partial charge in [0.15, 0.2) is 5.96 Å². The van der Waals surface area contributed by atoms with Crippen LogP contribution >= 0.6 is 0 Å². The minimum atomic E-state index is 0.752. The second-order valence-corrected chi connectivity index (χ2v) is 6.71. The van der Waals surface area contributed by atoms with Crippen LogP contribution in [0.4, 0.5) is 0 Å². The molecule has 2 rings (SSSR count). The molecule has 2 aliphatic rings. The van der Waals surface area contributed by atoms with Crippen molar-refractivity contribution in [2.45, 2.75) is 57.9 Å². The Kier molecular flexibility index (Phi) is 6.14. The van der Waals surface area contributed by atoms with Crippen LogP contribution in [0.15, 0.2) is 4.99 Å². The number of nitrogens with two attached hydrogens (primary N) is 1. The van der Waals surface area contributed by atoms with Crippen LogP contribution in [0.1, 0.15) is 51.9 Å². The quantitative estimate of drug-likeness (QED) is 0.635. The molecule has 4 nitrogen and oxygen atoms in total. The predicted molar refractivity (Wildman–Crippen MR) is 86.0 cm³/mol. The minimum absolute atomic E-state index is 0.752. The number of rotatable bonds is 4. The van der Waals surface area contributed by atoms with Crippen molar-refractivity contribution in [3.8, 4) is 0 Å². The first-order valence-corrected chi connectivity index (χ1v) is 8.42. The summed E-state index contributed by atoms with van der Waals surface area (Å²) >= 11 is 0. The second-order valence-electron chi connectivity index (χ2n) is 6.71. The van der Waals surface area contributed by atoms with Crippen molar-refractivity contribution < 1.29 is 0 Å². The molecular formula is C16H32N4. The molecule has 2 fully saturated rings. The van der Waals surface area contributed by atoms with Crippen LogP contribution in [-0.2, 0) is 0 Å². The lowest BCUT2D eigenvalue weighted by Crippen LogP contribution is -2.44. The van der Waals surface area contributed by atoms with E-state index in [0.717, 1.165) is 44.1 Å². The van der Waals surface area contributed by atoms with Crippen molar-refractivity contribution in [2.75, 3.05) is 33.2 Å². The second kappa shape index (κ2) is 7.87. The lowest BCUT2D eigenvalue weighted by atomic mass is 9.94. The summed E-state index contributed by atoms with van der Waals surface area (Å²) in [6.45, 7) is 6.33. The van der Waals surface area contributed by atoms with Gasteiger partial charge < -0.3 is 15.5 Å². The van der Waals surface area contributed by atoms with Crippen molar-refractivity contribution in [3.63, 3.8) is 0 Å². The zero-order valence-corrected chi connectivity index (χ0v) is 13.4. The number of nitrogens with zero attached hydrogens (tertiary/aromatic N) is 3. The molecule has 1 aliphatic heterocycles. The van der Waals surface area contributed by atoms with Crippen LogP contribution < -0.4 is 5.73 Å². The summed E-state index contributed by atoms with van der Waals surface area (Å²) in [5, 5.41) is 0. The number of hydrogen-bond acceptors (Lipinski definition) is 2. The Balaban J connectivity index is 1.71. The zero-order valence-electron chi connectivity index (χ0n) is 13.4. The van der Waals surface area contributed by atoms with E-state index in [-0.39, 0.29) is 0 Å². The number of piperidine rings is 1. The highest BCUT2D eigenvalue weighted by molar-refractivity contribution is 5.78. The van der Waals surface area contributed by atoms with Crippen LogP contribution in [0.25, 0.3) is 0 Å². The van der Waals surface area contributed by atoms with E-state index >= 15 is 0 Å². The Labute approximate surface area is 124 Å². The van der Waals surface area contributed by atoms with E-state index in [4.69, 9.17) is 5.73 Å². The third kappa shape index (κ3) is 4.65. The molecule has 4 heteroatoms.